The van der Waals surface area contributed by atoms with Crippen LogP contribution in [0.15, 0.2) is 12.1 Å². The lowest BCUT2D eigenvalue weighted by Crippen LogP contribution is -2.33. The van der Waals surface area contributed by atoms with Gasteiger partial charge in [0.1, 0.15) is 18.0 Å². The van der Waals surface area contributed by atoms with Gasteiger partial charge in [-0.3, -0.25) is 9.59 Å². The van der Waals surface area contributed by atoms with Gasteiger partial charge in [-0.05, 0) is 51.3 Å². The number of esters is 1. The molecule has 0 saturated carbocycles. The van der Waals surface area contributed by atoms with Crippen molar-refractivity contribution in [3.63, 3.8) is 0 Å². The van der Waals surface area contributed by atoms with Crippen LogP contribution >= 0.6 is 0 Å². The van der Waals surface area contributed by atoms with E-state index < -0.39 is 0 Å². The van der Waals surface area contributed by atoms with Crippen molar-refractivity contribution in [1.82, 2.24) is 0 Å². The third-order valence-electron chi connectivity index (χ3n) is 3.45. The van der Waals surface area contributed by atoms with Crippen molar-refractivity contribution < 1.29 is 19.1 Å². The average molecular weight is 276 g/mol. The van der Waals surface area contributed by atoms with E-state index in [-0.39, 0.29) is 24.0 Å². The van der Waals surface area contributed by atoms with Crippen molar-refractivity contribution in [1.29, 1.82) is 0 Å². The summed E-state index contributed by atoms with van der Waals surface area (Å²) in [6.07, 6.45) is 1.75. The topological polar surface area (TPSA) is 52.6 Å². The lowest BCUT2D eigenvalue weighted by Gasteiger charge is -2.34. The molecule has 0 N–H and O–H groups in total. The zero-order valence-corrected chi connectivity index (χ0v) is 12.4. The second kappa shape index (κ2) is 5.27. The molecule has 0 aliphatic carbocycles. The number of carbonyl (C=O) groups excluding carboxylic acids is 2. The quantitative estimate of drug-likeness (QED) is 0.629. The molecule has 0 spiro atoms. The first-order valence-electron chi connectivity index (χ1n) is 6.77. The minimum Gasteiger partial charge on any atom is -0.487 e. The molecular formula is C16H20O4. The first kappa shape index (κ1) is 14.6. The van der Waals surface area contributed by atoms with E-state index in [0.717, 1.165) is 29.7 Å². The van der Waals surface area contributed by atoms with Crippen LogP contribution in [0.25, 0.3) is 0 Å². The van der Waals surface area contributed by atoms with Crippen LogP contribution in [0.2, 0.25) is 0 Å². The molecule has 0 bridgehead atoms. The van der Waals surface area contributed by atoms with Crippen molar-refractivity contribution in [3.8, 4) is 5.75 Å². The molecule has 0 radical (unpaired) electrons. The monoisotopic (exact) mass is 276 g/mol. The van der Waals surface area contributed by atoms with Crippen LogP contribution in [-0.4, -0.2) is 17.4 Å². The highest BCUT2D eigenvalue weighted by molar-refractivity contribution is 5.94. The van der Waals surface area contributed by atoms with Gasteiger partial charge in [-0.2, -0.15) is 0 Å². The molecular weight excluding hydrogens is 256 g/mol. The Balaban J connectivity index is 2.43. The molecule has 0 amide bonds. The van der Waals surface area contributed by atoms with Crippen LogP contribution in [0.3, 0.4) is 0 Å². The Hall–Kier alpha value is -1.84. The van der Waals surface area contributed by atoms with Gasteiger partial charge >= 0.3 is 5.97 Å². The van der Waals surface area contributed by atoms with Crippen LogP contribution in [0.4, 0.5) is 0 Å². The number of Topliss-reactive ketones (excluding diaryl/α,β-unsaturated/α-hetero) is 1. The van der Waals surface area contributed by atoms with Crippen LogP contribution < -0.4 is 4.74 Å². The molecule has 2 rings (SSSR count). The van der Waals surface area contributed by atoms with E-state index in [0.29, 0.717) is 5.56 Å². The number of rotatable bonds is 3. The van der Waals surface area contributed by atoms with Gasteiger partial charge in [0.25, 0.3) is 0 Å². The molecule has 1 heterocycles. The summed E-state index contributed by atoms with van der Waals surface area (Å²) in [5.74, 6) is 0.413. The number of hydrogen-bond acceptors (Lipinski definition) is 4. The van der Waals surface area contributed by atoms with Gasteiger partial charge in [0, 0.05) is 18.1 Å². The average Bonchev–Trinajstić information content (AvgIpc) is 2.34. The van der Waals surface area contributed by atoms with Gasteiger partial charge in [-0.25, -0.2) is 0 Å². The van der Waals surface area contributed by atoms with E-state index in [1.54, 1.807) is 6.07 Å². The summed E-state index contributed by atoms with van der Waals surface area (Å²) in [4.78, 5) is 22.6. The van der Waals surface area contributed by atoms with Crippen LogP contribution in [0.1, 0.15) is 55.6 Å². The SMILES string of the molecule is CC(=O)OCc1cc(C(C)=O)cc2c1OC(C)(C)CC2. The van der Waals surface area contributed by atoms with Gasteiger partial charge in [0.2, 0.25) is 0 Å². The molecule has 4 heteroatoms. The predicted octanol–water partition coefficient (Wildman–Crippen LogP) is 3.06. The Kier molecular flexibility index (Phi) is 3.84. The first-order chi connectivity index (χ1) is 9.28. The molecule has 0 unspecified atom stereocenters. The molecule has 108 valence electrons. The van der Waals surface area contributed by atoms with Crippen molar-refractivity contribution in [2.45, 2.75) is 52.7 Å². The van der Waals surface area contributed by atoms with E-state index in [2.05, 4.69) is 0 Å². The van der Waals surface area contributed by atoms with Gasteiger partial charge in [-0.15, -0.1) is 0 Å². The molecule has 1 aromatic carbocycles. The summed E-state index contributed by atoms with van der Waals surface area (Å²) in [5, 5.41) is 0. The van der Waals surface area contributed by atoms with Gasteiger partial charge < -0.3 is 9.47 Å². The van der Waals surface area contributed by atoms with E-state index in [9.17, 15) is 9.59 Å². The van der Waals surface area contributed by atoms with Crippen LogP contribution in [0, 0.1) is 0 Å². The first-order valence-corrected chi connectivity index (χ1v) is 6.77. The molecule has 1 aromatic rings. The third kappa shape index (κ3) is 3.18. The van der Waals surface area contributed by atoms with Gasteiger partial charge in [0.05, 0.1) is 0 Å². The second-order valence-electron chi connectivity index (χ2n) is 5.82. The summed E-state index contributed by atoms with van der Waals surface area (Å²) in [7, 11) is 0. The molecule has 20 heavy (non-hydrogen) atoms. The summed E-state index contributed by atoms with van der Waals surface area (Å²) in [6.45, 7) is 7.10. The number of hydrogen-bond donors (Lipinski definition) is 0. The Morgan fingerprint density at radius 2 is 2.00 bits per heavy atom. The Morgan fingerprint density at radius 3 is 2.60 bits per heavy atom. The molecule has 0 atom stereocenters. The van der Waals surface area contributed by atoms with E-state index in [1.807, 2.05) is 19.9 Å². The molecule has 4 nitrogen and oxygen atoms in total. The number of ketones is 1. The molecule has 0 aromatic heterocycles. The third-order valence-corrected chi connectivity index (χ3v) is 3.45. The number of aryl methyl sites for hydroxylation is 1. The lowest BCUT2D eigenvalue weighted by atomic mass is 9.91. The largest absolute Gasteiger partial charge is 0.487 e. The fourth-order valence-electron chi connectivity index (χ4n) is 2.32. The van der Waals surface area contributed by atoms with E-state index in [1.165, 1.54) is 13.8 Å². The second-order valence-corrected chi connectivity index (χ2v) is 5.82. The fourth-order valence-corrected chi connectivity index (χ4v) is 2.32. The Bertz CT molecular complexity index is 558. The number of fused-ring (bicyclic) bond motifs is 1. The summed E-state index contributed by atoms with van der Waals surface area (Å²) < 4.78 is 11.1. The lowest BCUT2D eigenvalue weighted by molar-refractivity contribution is -0.142. The van der Waals surface area contributed by atoms with E-state index in [4.69, 9.17) is 9.47 Å². The number of benzene rings is 1. The van der Waals surface area contributed by atoms with Crippen molar-refractivity contribution in [3.05, 3.63) is 28.8 Å². The predicted molar refractivity (Wildman–Crippen MR) is 74.9 cm³/mol. The van der Waals surface area contributed by atoms with E-state index >= 15 is 0 Å². The highest BCUT2D eigenvalue weighted by Gasteiger charge is 2.29. The summed E-state index contributed by atoms with van der Waals surface area (Å²) >= 11 is 0. The van der Waals surface area contributed by atoms with Crippen LogP contribution in [0.5, 0.6) is 5.75 Å². The summed E-state index contributed by atoms with van der Waals surface area (Å²) in [5.41, 5.74) is 2.17. The molecule has 0 fully saturated rings. The Labute approximate surface area is 119 Å². The van der Waals surface area contributed by atoms with Crippen molar-refractivity contribution >= 4 is 11.8 Å². The highest BCUT2D eigenvalue weighted by Crippen LogP contribution is 2.37. The van der Waals surface area contributed by atoms with Crippen molar-refractivity contribution in [2.75, 3.05) is 0 Å². The minimum atomic E-state index is -0.345. The standard InChI is InChI=1S/C16H20O4/c1-10(17)13-7-12-5-6-16(3,4)20-15(12)14(8-13)9-19-11(2)18/h7-8H,5-6,9H2,1-4H3. The highest BCUT2D eigenvalue weighted by atomic mass is 16.5. The Morgan fingerprint density at radius 1 is 1.30 bits per heavy atom. The van der Waals surface area contributed by atoms with Gasteiger partial charge in [-0.1, -0.05) is 0 Å². The zero-order chi connectivity index (χ0) is 14.9. The normalized spacial score (nSPS) is 16.0. The zero-order valence-electron chi connectivity index (χ0n) is 12.4. The summed E-state index contributed by atoms with van der Waals surface area (Å²) in [6, 6.07) is 3.63. The molecule has 1 aliphatic rings. The molecule has 0 saturated heterocycles. The maximum absolute atomic E-state index is 11.6. The minimum absolute atomic E-state index is 0.00158. The molecule has 1 aliphatic heterocycles. The van der Waals surface area contributed by atoms with Crippen molar-refractivity contribution in [2.24, 2.45) is 0 Å². The number of ether oxygens (including phenoxy) is 2. The van der Waals surface area contributed by atoms with Crippen LogP contribution in [-0.2, 0) is 22.6 Å². The maximum atomic E-state index is 11.6. The number of carbonyl (C=O) groups is 2. The fraction of sp³-hybridized carbons (Fsp3) is 0.500. The maximum Gasteiger partial charge on any atom is 0.302 e. The van der Waals surface area contributed by atoms with Gasteiger partial charge in [0.15, 0.2) is 5.78 Å². The smallest absolute Gasteiger partial charge is 0.302 e.